The van der Waals surface area contributed by atoms with Crippen molar-refractivity contribution in [3.63, 3.8) is 0 Å². The zero-order valence-corrected chi connectivity index (χ0v) is 10.7. The molecule has 1 aromatic heterocycles. The fourth-order valence-corrected chi connectivity index (χ4v) is 1.91. The maximum absolute atomic E-state index is 12.4. The summed E-state index contributed by atoms with van der Waals surface area (Å²) in [4.78, 5) is 8.11. The summed E-state index contributed by atoms with van der Waals surface area (Å²) in [5, 5.41) is 0. The van der Waals surface area contributed by atoms with Gasteiger partial charge in [0, 0.05) is 6.20 Å². The Kier molecular flexibility index (Phi) is 3.78. The first-order valence-electron chi connectivity index (χ1n) is 6.10. The van der Waals surface area contributed by atoms with Gasteiger partial charge in [-0.3, -0.25) is 4.98 Å². The fourth-order valence-electron chi connectivity index (χ4n) is 1.91. The van der Waals surface area contributed by atoms with Crippen molar-refractivity contribution in [2.75, 3.05) is 6.61 Å². The van der Waals surface area contributed by atoms with Crippen LogP contribution in [0.25, 0.3) is 0 Å². The first-order valence-corrected chi connectivity index (χ1v) is 6.10. The first kappa shape index (κ1) is 13.8. The van der Waals surface area contributed by atoms with Gasteiger partial charge < -0.3 is 4.74 Å². The van der Waals surface area contributed by atoms with Crippen LogP contribution in [0.5, 0.6) is 0 Å². The number of alkyl halides is 3. The molecule has 0 N–H and O–H groups in total. The van der Waals surface area contributed by atoms with Gasteiger partial charge in [0.05, 0.1) is 11.6 Å². The zero-order chi connectivity index (χ0) is 14.0. The first-order chi connectivity index (χ1) is 8.86. The van der Waals surface area contributed by atoms with Crippen molar-refractivity contribution in [2.45, 2.75) is 32.5 Å². The molecule has 19 heavy (non-hydrogen) atoms. The Hall–Kier alpha value is -1.59. The summed E-state index contributed by atoms with van der Waals surface area (Å²) in [6.07, 6.45) is -2.68. The molecule has 0 aliphatic carbocycles. The highest BCUT2D eigenvalue weighted by Crippen LogP contribution is 2.28. The molecule has 1 aliphatic heterocycles. The van der Waals surface area contributed by atoms with Gasteiger partial charge in [0.2, 0.25) is 5.90 Å². The molecule has 0 saturated carbocycles. The maximum atomic E-state index is 12.4. The van der Waals surface area contributed by atoms with Gasteiger partial charge in [0.1, 0.15) is 12.3 Å². The van der Waals surface area contributed by atoms with Gasteiger partial charge in [-0.15, -0.1) is 0 Å². The summed E-state index contributed by atoms with van der Waals surface area (Å²) < 4.78 is 42.6. The minimum absolute atomic E-state index is 0.0686. The molecule has 0 radical (unpaired) electrons. The highest BCUT2D eigenvalue weighted by molar-refractivity contribution is 5.93. The number of hydrogen-bond acceptors (Lipinski definition) is 3. The van der Waals surface area contributed by atoms with E-state index in [4.69, 9.17) is 4.74 Å². The van der Waals surface area contributed by atoms with Gasteiger partial charge in [-0.2, -0.15) is 13.2 Å². The van der Waals surface area contributed by atoms with Crippen molar-refractivity contribution in [1.29, 1.82) is 0 Å². The SMILES string of the molecule is CC(C)C[C@@H]1COC(c2ccc(C(F)(F)F)cn2)=N1. The van der Waals surface area contributed by atoms with E-state index in [1.54, 1.807) is 0 Å². The molecule has 2 heterocycles. The molecular weight excluding hydrogens is 257 g/mol. The van der Waals surface area contributed by atoms with Crippen LogP contribution in [-0.4, -0.2) is 23.5 Å². The highest BCUT2D eigenvalue weighted by atomic mass is 19.4. The van der Waals surface area contributed by atoms with Crippen molar-refractivity contribution in [2.24, 2.45) is 10.9 Å². The van der Waals surface area contributed by atoms with Crippen molar-refractivity contribution < 1.29 is 17.9 Å². The number of hydrogen-bond donors (Lipinski definition) is 0. The monoisotopic (exact) mass is 272 g/mol. The van der Waals surface area contributed by atoms with E-state index in [9.17, 15) is 13.2 Å². The van der Waals surface area contributed by atoms with Crippen molar-refractivity contribution in [1.82, 2.24) is 4.98 Å². The van der Waals surface area contributed by atoms with E-state index in [1.807, 2.05) is 0 Å². The zero-order valence-electron chi connectivity index (χ0n) is 10.7. The highest BCUT2D eigenvalue weighted by Gasteiger charge is 2.31. The molecule has 0 aromatic carbocycles. The van der Waals surface area contributed by atoms with E-state index in [2.05, 4.69) is 23.8 Å². The van der Waals surface area contributed by atoms with E-state index < -0.39 is 11.7 Å². The Labute approximate surface area is 109 Å². The van der Waals surface area contributed by atoms with Gasteiger partial charge in [-0.05, 0) is 24.5 Å². The second-order valence-electron chi connectivity index (χ2n) is 4.96. The van der Waals surface area contributed by atoms with Crippen LogP contribution in [0.3, 0.4) is 0 Å². The molecule has 2 rings (SSSR count). The van der Waals surface area contributed by atoms with E-state index in [1.165, 1.54) is 6.07 Å². The third kappa shape index (κ3) is 3.45. The predicted molar refractivity (Wildman–Crippen MR) is 65.0 cm³/mol. The van der Waals surface area contributed by atoms with E-state index in [-0.39, 0.29) is 6.04 Å². The van der Waals surface area contributed by atoms with Crippen LogP contribution in [0.15, 0.2) is 23.3 Å². The standard InChI is InChI=1S/C13H15F3N2O/c1-8(2)5-10-7-19-12(18-10)11-4-3-9(6-17-11)13(14,15)16/h3-4,6,8,10H,5,7H2,1-2H3/t10-/m1/s1. The normalized spacial score (nSPS) is 19.5. The van der Waals surface area contributed by atoms with Crippen LogP contribution in [0.4, 0.5) is 13.2 Å². The third-order valence-electron chi connectivity index (χ3n) is 2.77. The third-order valence-corrected chi connectivity index (χ3v) is 2.77. The summed E-state index contributed by atoms with van der Waals surface area (Å²) in [6, 6.07) is 2.35. The van der Waals surface area contributed by atoms with E-state index in [0.717, 1.165) is 18.7 Å². The minimum Gasteiger partial charge on any atom is -0.474 e. The van der Waals surface area contributed by atoms with Gasteiger partial charge in [0.25, 0.3) is 0 Å². The van der Waals surface area contributed by atoms with Crippen molar-refractivity contribution in [3.05, 3.63) is 29.6 Å². The number of halogens is 3. The molecule has 0 bridgehead atoms. The largest absolute Gasteiger partial charge is 0.474 e. The van der Waals surface area contributed by atoms with E-state index >= 15 is 0 Å². The second kappa shape index (κ2) is 5.19. The molecule has 0 spiro atoms. The summed E-state index contributed by atoms with van der Waals surface area (Å²) in [6.45, 7) is 4.64. The lowest BCUT2D eigenvalue weighted by Gasteiger charge is -2.06. The van der Waals surface area contributed by atoms with E-state index in [0.29, 0.717) is 24.1 Å². The number of ether oxygens (including phenoxy) is 1. The predicted octanol–water partition coefficient (Wildman–Crippen LogP) is 3.29. The lowest BCUT2D eigenvalue weighted by atomic mass is 10.1. The van der Waals surface area contributed by atoms with Gasteiger partial charge in [-0.25, -0.2) is 4.99 Å². The second-order valence-corrected chi connectivity index (χ2v) is 4.96. The smallest absolute Gasteiger partial charge is 0.417 e. The van der Waals surface area contributed by atoms with Crippen LogP contribution in [-0.2, 0) is 10.9 Å². The fraction of sp³-hybridized carbons (Fsp3) is 0.538. The number of rotatable bonds is 3. The van der Waals surface area contributed by atoms with Gasteiger partial charge in [0.15, 0.2) is 0 Å². The molecule has 0 fully saturated rings. The lowest BCUT2D eigenvalue weighted by molar-refractivity contribution is -0.137. The number of pyridine rings is 1. The summed E-state index contributed by atoms with van der Waals surface area (Å²) in [7, 11) is 0. The van der Waals surface area contributed by atoms with Gasteiger partial charge >= 0.3 is 6.18 Å². The molecule has 6 heteroatoms. The molecule has 3 nitrogen and oxygen atoms in total. The average Bonchev–Trinajstić information content (AvgIpc) is 2.75. The Bertz CT molecular complexity index is 466. The Balaban J connectivity index is 2.11. The topological polar surface area (TPSA) is 34.5 Å². The number of nitrogens with zero attached hydrogens (tertiary/aromatic N) is 2. The molecule has 0 unspecified atom stereocenters. The number of aromatic nitrogens is 1. The lowest BCUT2D eigenvalue weighted by Crippen LogP contribution is -2.09. The molecule has 1 atom stereocenters. The average molecular weight is 272 g/mol. The Morgan fingerprint density at radius 2 is 2.11 bits per heavy atom. The quantitative estimate of drug-likeness (QED) is 0.846. The summed E-state index contributed by atoms with van der Waals surface area (Å²) in [5.41, 5.74) is -0.423. The van der Waals surface area contributed by atoms with Crippen LogP contribution < -0.4 is 0 Å². The molecule has 1 aromatic rings. The van der Waals surface area contributed by atoms with Crippen molar-refractivity contribution in [3.8, 4) is 0 Å². The Morgan fingerprint density at radius 1 is 1.37 bits per heavy atom. The number of aliphatic imine (C=N–C) groups is 1. The van der Waals surface area contributed by atoms with Gasteiger partial charge in [-0.1, -0.05) is 13.8 Å². The Morgan fingerprint density at radius 3 is 2.63 bits per heavy atom. The van der Waals surface area contributed by atoms with Crippen LogP contribution >= 0.6 is 0 Å². The van der Waals surface area contributed by atoms with Crippen LogP contribution in [0.1, 0.15) is 31.5 Å². The van der Waals surface area contributed by atoms with Crippen LogP contribution in [0, 0.1) is 5.92 Å². The molecule has 0 amide bonds. The minimum atomic E-state index is -4.37. The van der Waals surface area contributed by atoms with Crippen molar-refractivity contribution >= 4 is 5.90 Å². The van der Waals surface area contributed by atoms with Crippen LogP contribution in [0.2, 0.25) is 0 Å². The summed E-state index contributed by atoms with van der Waals surface area (Å²) in [5.74, 6) is 0.830. The molecule has 1 aliphatic rings. The molecular formula is C13H15F3N2O. The maximum Gasteiger partial charge on any atom is 0.417 e. The summed E-state index contributed by atoms with van der Waals surface area (Å²) >= 11 is 0. The molecule has 104 valence electrons. The molecule has 0 saturated heterocycles.